The van der Waals surface area contributed by atoms with Crippen LogP contribution in [-0.4, -0.2) is 9.78 Å². The van der Waals surface area contributed by atoms with Gasteiger partial charge in [-0.1, -0.05) is 11.6 Å². The van der Waals surface area contributed by atoms with Gasteiger partial charge in [-0.05, 0) is 37.6 Å². The number of halogens is 1. The van der Waals surface area contributed by atoms with Gasteiger partial charge in [-0.25, -0.2) is 4.68 Å². The molecule has 0 unspecified atom stereocenters. The van der Waals surface area contributed by atoms with Gasteiger partial charge in [0.15, 0.2) is 0 Å². The van der Waals surface area contributed by atoms with Gasteiger partial charge in [-0.3, -0.25) is 14.7 Å². The van der Waals surface area contributed by atoms with Crippen molar-refractivity contribution in [2.24, 2.45) is 0 Å². The quantitative estimate of drug-likeness (QED) is 0.816. The molecule has 0 aliphatic heterocycles. The lowest BCUT2D eigenvalue weighted by atomic mass is 10.1. The third-order valence-corrected chi connectivity index (χ3v) is 3.37. The van der Waals surface area contributed by atoms with Crippen LogP contribution < -0.4 is 16.9 Å². The molecule has 0 amide bonds. The van der Waals surface area contributed by atoms with Crippen LogP contribution in [0, 0.1) is 13.8 Å². The zero-order chi connectivity index (χ0) is 14.2. The molecule has 1 aromatic heterocycles. The molecule has 19 heavy (non-hydrogen) atoms. The molecule has 0 radical (unpaired) electrons. The van der Waals surface area contributed by atoms with E-state index in [9.17, 15) is 9.59 Å². The maximum atomic E-state index is 12.1. The zero-order valence-corrected chi connectivity index (χ0v) is 11.4. The third kappa shape index (κ3) is 2.56. The fourth-order valence-electron chi connectivity index (χ4n) is 1.78. The predicted molar refractivity (Wildman–Crippen MR) is 75.8 cm³/mol. The highest BCUT2D eigenvalue weighted by molar-refractivity contribution is 6.30. The van der Waals surface area contributed by atoms with E-state index in [1.54, 1.807) is 32.0 Å². The van der Waals surface area contributed by atoms with Crippen molar-refractivity contribution in [1.29, 1.82) is 0 Å². The van der Waals surface area contributed by atoms with Crippen molar-refractivity contribution in [3.63, 3.8) is 0 Å². The van der Waals surface area contributed by atoms with Crippen LogP contribution >= 0.6 is 11.6 Å². The monoisotopic (exact) mass is 279 g/mol. The van der Waals surface area contributed by atoms with Gasteiger partial charge in [-0.15, -0.1) is 0 Å². The fourth-order valence-corrected chi connectivity index (χ4v) is 1.98. The number of anilines is 1. The van der Waals surface area contributed by atoms with Crippen LogP contribution in [0.15, 0.2) is 27.8 Å². The second-order valence-electron chi connectivity index (χ2n) is 4.43. The highest BCUT2D eigenvalue weighted by atomic mass is 35.5. The Morgan fingerprint density at radius 1 is 1.26 bits per heavy atom. The van der Waals surface area contributed by atoms with Crippen molar-refractivity contribution < 1.29 is 0 Å². The molecule has 0 saturated carbocycles. The Morgan fingerprint density at radius 3 is 2.63 bits per heavy atom. The minimum Gasteiger partial charge on any atom is -0.398 e. The van der Waals surface area contributed by atoms with E-state index in [1.807, 2.05) is 0 Å². The van der Waals surface area contributed by atoms with Gasteiger partial charge in [-0.2, -0.15) is 0 Å². The normalized spacial score (nSPS) is 10.7. The molecule has 0 aliphatic carbocycles. The van der Waals surface area contributed by atoms with Gasteiger partial charge in [0.1, 0.15) is 0 Å². The molecular weight excluding hydrogens is 266 g/mol. The first-order chi connectivity index (χ1) is 8.90. The molecule has 2 rings (SSSR count). The van der Waals surface area contributed by atoms with Gasteiger partial charge < -0.3 is 5.73 Å². The maximum absolute atomic E-state index is 12.1. The van der Waals surface area contributed by atoms with Crippen molar-refractivity contribution in [3.05, 3.63) is 60.6 Å². The van der Waals surface area contributed by atoms with E-state index in [2.05, 4.69) is 5.10 Å². The first kappa shape index (κ1) is 13.4. The topological polar surface area (TPSA) is 80.9 Å². The number of rotatable bonds is 2. The van der Waals surface area contributed by atoms with Crippen molar-refractivity contribution in [2.45, 2.75) is 20.4 Å². The Labute approximate surface area is 114 Å². The molecule has 0 bridgehead atoms. The highest BCUT2D eigenvalue weighted by Gasteiger charge is 2.09. The number of nitrogens with one attached hydrogen (secondary N) is 1. The Morgan fingerprint density at radius 2 is 1.95 bits per heavy atom. The second-order valence-corrected chi connectivity index (χ2v) is 4.86. The third-order valence-electron chi connectivity index (χ3n) is 3.14. The largest absolute Gasteiger partial charge is 0.398 e. The smallest absolute Gasteiger partial charge is 0.268 e. The van der Waals surface area contributed by atoms with E-state index < -0.39 is 0 Å². The lowest BCUT2D eigenvalue weighted by Crippen LogP contribution is -2.33. The minimum atomic E-state index is -0.280. The number of aromatic amines is 1. The van der Waals surface area contributed by atoms with Gasteiger partial charge in [0, 0.05) is 21.8 Å². The van der Waals surface area contributed by atoms with E-state index in [1.165, 1.54) is 4.68 Å². The molecule has 2 aromatic rings. The van der Waals surface area contributed by atoms with Crippen molar-refractivity contribution in [2.75, 3.05) is 5.73 Å². The summed E-state index contributed by atoms with van der Waals surface area (Å²) in [6.07, 6.45) is 0. The molecule has 0 aliphatic rings. The van der Waals surface area contributed by atoms with E-state index in [0.717, 1.165) is 0 Å². The van der Waals surface area contributed by atoms with Crippen molar-refractivity contribution >= 4 is 17.3 Å². The summed E-state index contributed by atoms with van der Waals surface area (Å²) < 4.78 is 1.24. The van der Waals surface area contributed by atoms with E-state index >= 15 is 0 Å². The maximum Gasteiger partial charge on any atom is 0.268 e. The van der Waals surface area contributed by atoms with E-state index in [4.69, 9.17) is 17.3 Å². The first-order valence-corrected chi connectivity index (χ1v) is 6.12. The predicted octanol–water partition coefficient (Wildman–Crippen LogP) is 1.44. The molecule has 100 valence electrons. The van der Waals surface area contributed by atoms with Crippen molar-refractivity contribution in [1.82, 2.24) is 9.78 Å². The molecule has 3 N–H and O–H groups in total. The summed E-state index contributed by atoms with van der Waals surface area (Å²) in [6.45, 7) is 3.43. The van der Waals surface area contributed by atoms with Gasteiger partial charge in [0.25, 0.3) is 11.1 Å². The SMILES string of the molecule is Cc1c(C)c(=O)n(Cc2cc(Cl)ccc2N)[nH]c1=O. The van der Waals surface area contributed by atoms with Crippen LogP contribution in [-0.2, 0) is 6.54 Å². The fraction of sp³-hybridized carbons (Fsp3) is 0.231. The molecule has 0 fully saturated rings. The van der Waals surface area contributed by atoms with Crippen LogP contribution in [0.5, 0.6) is 0 Å². The van der Waals surface area contributed by atoms with Gasteiger partial charge in [0.05, 0.1) is 6.54 Å². The van der Waals surface area contributed by atoms with Gasteiger partial charge >= 0.3 is 0 Å². The molecule has 0 atom stereocenters. The summed E-state index contributed by atoms with van der Waals surface area (Å²) in [6, 6.07) is 5.02. The Bertz CT molecular complexity index is 747. The average Bonchev–Trinajstić information content (AvgIpc) is 2.37. The summed E-state index contributed by atoms with van der Waals surface area (Å²) in [4.78, 5) is 23.7. The summed E-state index contributed by atoms with van der Waals surface area (Å²) in [5.74, 6) is 0. The van der Waals surface area contributed by atoms with Crippen LogP contribution in [0.3, 0.4) is 0 Å². The summed E-state index contributed by atoms with van der Waals surface area (Å²) in [7, 11) is 0. The number of nitrogens with two attached hydrogens (primary N) is 1. The second kappa shape index (κ2) is 4.93. The highest BCUT2D eigenvalue weighted by Crippen LogP contribution is 2.18. The van der Waals surface area contributed by atoms with E-state index in [-0.39, 0.29) is 17.7 Å². The van der Waals surface area contributed by atoms with Crippen LogP contribution in [0.2, 0.25) is 5.02 Å². The molecule has 6 heteroatoms. The van der Waals surface area contributed by atoms with Gasteiger partial charge in [0.2, 0.25) is 0 Å². The molecule has 1 heterocycles. The minimum absolute atomic E-state index is 0.182. The number of hydrogen-bond acceptors (Lipinski definition) is 3. The molecule has 0 saturated heterocycles. The molecular formula is C13H14ClN3O2. The van der Waals surface area contributed by atoms with Crippen LogP contribution in [0.25, 0.3) is 0 Å². The number of nitrogen functional groups attached to an aromatic ring is 1. The molecule has 0 spiro atoms. The number of nitrogens with zero attached hydrogens (tertiary/aromatic N) is 1. The van der Waals surface area contributed by atoms with Crippen LogP contribution in [0.1, 0.15) is 16.7 Å². The molecule has 1 aromatic carbocycles. The molecule has 5 nitrogen and oxygen atoms in total. The average molecular weight is 280 g/mol. The standard InChI is InChI=1S/C13H14ClN3O2/c1-7-8(2)13(19)17(16-12(7)18)6-9-5-10(14)3-4-11(9)15/h3-5H,6,15H2,1-2H3,(H,16,18). The number of H-pyrrole nitrogens is 1. The lowest BCUT2D eigenvalue weighted by Gasteiger charge is -2.10. The number of benzene rings is 1. The first-order valence-electron chi connectivity index (χ1n) is 5.74. The van der Waals surface area contributed by atoms with Crippen molar-refractivity contribution in [3.8, 4) is 0 Å². The zero-order valence-electron chi connectivity index (χ0n) is 10.7. The summed E-state index contributed by atoms with van der Waals surface area (Å²) in [5, 5.41) is 3.06. The lowest BCUT2D eigenvalue weighted by molar-refractivity contribution is 0.619. The number of hydrogen-bond donors (Lipinski definition) is 2. The Balaban J connectivity index is 2.53. The summed E-state index contributed by atoms with van der Waals surface area (Å²) >= 11 is 5.90. The number of aromatic nitrogens is 2. The Kier molecular flexibility index (Phi) is 3.48. The van der Waals surface area contributed by atoms with Crippen LogP contribution in [0.4, 0.5) is 5.69 Å². The summed E-state index contributed by atoms with van der Waals surface area (Å²) in [5.41, 5.74) is 7.39. The van der Waals surface area contributed by atoms with E-state index in [0.29, 0.717) is 27.4 Å². The Hall–Kier alpha value is -2.01.